The highest BCUT2D eigenvalue weighted by Crippen LogP contribution is 2.43. The lowest BCUT2D eigenvalue weighted by atomic mass is 9.64. The molecule has 0 aromatic carbocycles. The lowest BCUT2D eigenvalue weighted by Crippen LogP contribution is -2.65. The maximum Gasteiger partial charge on any atom is 0.162 e. The lowest BCUT2D eigenvalue weighted by Gasteiger charge is -2.53. The number of nitrogens with one attached hydrogen (secondary N) is 1. The van der Waals surface area contributed by atoms with Gasteiger partial charge in [-0.05, 0) is 27.2 Å². The van der Waals surface area contributed by atoms with Crippen LogP contribution in [0.3, 0.4) is 0 Å². The van der Waals surface area contributed by atoms with Crippen molar-refractivity contribution in [2.24, 2.45) is 5.41 Å². The third-order valence-electron chi connectivity index (χ3n) is 4.25. The van der Waals surface area contributed by atoms with Crippen LogP contribution in [0, 0.1) is 5.41 Å². The van der Waals surface area contributed by atoms with Gasteiger partial charge in [-0.15, -0.1) is 0 Å². The van der Waals surface area contributed by atoms with Crippen molar-refractivity contribution in [1.29, 1.82) is 0 Å². The summed E-state index contributed by atoms with van der Waals surface area (Å²) in [4.78, 5) is 0. The molecule has 0 spiro atoms. The minimum Gasteiger partial charge on any atom is -0.378 e. The van der Waals surface area contributed by atoms with Gasteiger partial charge in [0.15, 0.2) is 5.79 Å². The predicted octanol–water partition coefficient (Wildman–Crippen LogP) is 1.93. The molecule has 0 radical (unpaired) electrons. The first kappa shape index (κ1) is 14.3. The molecule has 1 aliphatic heterocycles. The summed E-state index contributed by atoms with van der Waals surface area (Å²) in [7, 11) is 0. The molecule has 1 aliphatic carbocycles. The summed E-state index contributed by atoms with van der Waals surface area (Å²) in [5.74, 6) is -0.429. The maximum absolute atomic E-state index is 5.74. The van der Waals surface area contributed by atoms with E-state index in [1.807, 2.05) is 13.8 Å². The Morgan fingerprint density at radius 1 is 1.17 bits per heavy atom. The van der Waals surface area contributed by atoms with Gasteiger partial charge in [-0.1, -0.05) is 13.8 Å². The molecular formula is C14H27NO3. The molecule has 0 amide bonds. The monoisotopic (exact) mass is 257 g/mol. The number of rotatable bonds is 4. The van der Waals surface area contributed by atoms with E-state index in [2.05, 4.69) is 26.1 Å². The molecule has 2 atom stereocenters. The molecule has 18 heavy (non-hydrogen) atoms. The topological polar surface area (TPSA) is 39.7 Å². The molecule has 2 fully saturated rings. The van der Waals surface area contributed by atoms with Gasteiger partial charge in [0.2, 0.25) is 0 Å². The summed E-state index contributed by atoms with van der Waals surface area (Å²) < 4.78 is 17.1. The largest absolute Gasteiger partial charge is 0.378 e. The van der Waals surface area contributed by atoms with Gasteiger partial charge in [0.1, 0.15) is 0 Å². The van der Waals surface area contributed by atoms with Gasteiger partial charge >= 0.3 is 0 Å². The zero-order chi connectivity index (χ0) is 13.4. The van der Waals surface area contributed by atoms with E-state index >= 15 is 0 Å². The van der Waals surface area contributed by atoms with Crippen LogP contribution < -0.4 is 5.32 Å². The molecule has 1 heterocycles. The van der Waals surface area contributed by atoms with Gasteiger partial charge in [-0.25, -0.2) is 0 Å². The van der Waals surface area contributed by atoms with Crippen LogP contribution in [-0.4, -0.2) is 43.8 Å². The van der Waals surface area contributed by atoms with Crippen LogP contribution in [0.2, 0.25) is 0 Å². The van der Waals surface area contributed by atoms with Crippen molar-refractivity contribution >= 4 is 0 Å². The SMILES string of the molecule is CCOC1CC(NC2COC(C)(C)OC2)C1(C)C. The van der Waals surface area contributed by atoms with Crippen molar-refractivity contribution in [3.05, 3.63) is 0 Å². The smallest absolute Gasteiger partial charge is 0.162 e. The first-order chi connectivity index (χ1) is 8.35. The van der Waals surface area contributed by atoms with Gasteiger partial charge in [0, 0.05) is 18.1 Å². The summed E-state index contributed by atoms with van der Waals surface area (Å²) in [6.45, 7) is 12.7. The second-order valence-corrected chi connectivity index (χ2v) is 6.44. The molecule has 106 valence electrons. The van der Waals surface area contributed by atoms with E-state index in [-0.39, 0.29) is 5.41 Å². The van der Waals surface area contributed by atoms with E-state index in [0.717, 1.165) is 26.2 Å². The number of hydrogen-bond donors (Lipinski definition) is 1. The molecule has 4 heteroatoms. The van der Waals surface area contributed by atoms with Gasteiger partial charge in [0.05, 0.1) is 25.4 Å². The summed E-state index contributed by atoms with van der Waals surface area (Å²) in [5.41, 5.74) is 0.197. The van der Waals surface area contributed by atoms with Gasteiger partial charge < -0.3 is 19.5 Å². The minimum absolute atomic E-state index is 0.197. The van der Waals surface area contributed by atoms with Crippen LogP contribution in [-0.2, 0) is 14.2 Å². The van der Waals surface area contributed by atoms with E-state index in [0.29, 0.717) is 18.2 Å². The fraction of sp³-hybridized carbons (Fsp3) is 1.00. The summed E-state index contributed by atoms with van der Waals surface area (Å²) >= 11 is 0. The molecule has 1 saturated heterocycles. The van der Waals surface area contributed by atoms with E-state index in [9.17, 15) is 0 Å². The Labute approximate surface area is 110 Å². The molecular weight excluding hydrogens is 230 g/mol. The highest BCUT2D eigenvalue weighted by Gasteiger charge is 2.49. The number of hydrogen-bond acceptors (Lipinski definition) is 4. The highest BCUT2D eigenvalue weighted by atomic mass is 16.7. The molecule has 0 aromatic heterocycles. The van der Waals surface area contributed by atoms with E-state index < -0.39 is 5.79 Å². The summed E-state index contributed by atoms with van der Waals surface area (Å²) in [6, 6.07) is 0.789. The Morgan fingerprint density at radius 2 is 1.78 bits per heavy atom. The molecule has 2 aliphatic rings. The quantitative estimate of drug-likeness (QED) is 0.835. The zero-order valence-corrected chi connectivity index (χ0v) is 12.3. The molecule has 1 N–H and O–H groups in total. The molecule has 4 nitrogen and oxygen atoms in total. The first-order valence-corrected chi connectivity index (χ1v) is 7.00. The standard InChI is InChI=1S/C14H27NO3/c1-6-16-12-7-11(13(12,2)3)15-10-8-17-14(4,5)18-9-10/h10-12,15H,6-9H2,1-5H3. The zero-order valence-electron chi connectivity index (χ0n) is 12.3. The van der Waals surface area contributed by atoms with Crippen molar-refractivity contribution in [2.75, 3.05) is 19.8 Å². The van der Waals surface area contributed by atoms with Crippen LogP contribution in [0.25, 0.3) is 0 Å². The summed E-state index contributed by atoms with van der Waals surface area (Å²) in [5, 5.41) is 3.64. The van der Waals surface area contributed by atoms with Crippen LogP contribution >= 0.6 is 0 Å². The van der Waals surface area contributed by atoms with E-state index in [1.54, 1.807) is 0 Å². The fourth-order valence-electron chi connectivity index (χ4n) is 2.73. The van der Waals surface area contributed by atoms with Crippen molar-refractivity contribution in [2.45, 2.75) is 65.0 Å². The van der Waals surface area contributed by atoms with E-state index in [1.165, 1.54) is 0 Å². The molecule has 0 aromatic rings. The maximum atomic E-state index is 5.74. The van der Waals surface area contributed by atoms with Crippen molar-refractivity contribution < 1.29 is 14.2 Å². The molecule has 0 bridgehead atoms. The van der Waals surface area contributed by atoms with Crippen LogP contribution in [0.5, 0.6) is 0 Å². The third-order valence-corrected chi connectivity index (χ3v) is 4.25. The lowest BCUT2D eigenvalue weighted by molar-refractivity contribution is -0.256. The number of ether oxygens (including phenoxy) is 3. The molecule has 2 unspecified atom stereocenters. The molecule has 1 saturated carbocycles. The predicted molar refractivity (Wildman–Crippen MR) is 70.5 cm³/mol. The van der Waals surface area contributed by atoms with Crippen molar-refractivity contribution in [3.63, 3.8) is 0 Å². The second-order valence-electron chi connectivity index (χ2n) is 6.44. The third kappa shape index (κ3) is 2.87. The van der Waals surface area contributed by atoms with Crippen LogP contribution in [0.4, 0.5) is 0 Å². The highest BCUT2D eigenvalue weighted by molar-refractivity contribution is 5.03. The average molecular weight is 257 g/mol. The summed E-state index contributed by atoms with van der Waals surface area (Å²) in [6.07, 6.45) is 1.46. The van der Waals surface area contributed by atoms with Crippen molar-refractivity contribution in [1.82, 2.24) is 5.32 Å². The Hall–Kier alpha value is -0.160. The minimum atomic E-state index is -0.429. The Balaban J connectivity index is 1.79. The Morgan fingerprint density at radius 3 is 2.28 bits per heavy atom. The molecule has 2 rings (SSSR count). The van der Waals surface area contributed by atoms with Gasteiger partial charge in [-0.3, -0.25) is 0 Å². The Kier molecular flexibility index (Phi) is 4.02. The van der Waals surface area contributed by atoms with Gasteiger partial charge in [0.25, 0.3) is 0 Å². The second kappa shape index (κ2) is 5.08. The van der Waals surface area contributed by atoms with Crippen LogP contribution in [0.1, 0.15) is 41.0 Å². The van der Waals surface area contributed by atoms with Crippen molar-refractivity contribution in [3.8, 4) is 0 Å². The van der Waals surface area contributed by atoms with E-state index in [4.69, 9.17) is 14.2 Å². The fourth-order valence-corrected chi connectivity index (χ4v) is 2.73. The van der Waals surface area contributed by atoms with Gasteiger partial charge in [-0.2, -0.15) is 0 Å². The normalized spacial score (nSPS) is 35.2. The first-order valence-electron chi connectivity index (χ1n) is 7.00. The Bertz CT molecular complexity index is 281. The average Bonchev–Trinajstić information content (AvgIpc) is 2.30. The van der Waals surface area contributed by atoms with Crippen LogP contribution in [0.15, 0.2) is 0 Å².